The van der Waals surface area contributed by atoms with E-state index >= 15 is 0 Å². The van der Waals surface area contributed by atoms with Crippen LogP contribution in [-0.4, -0.2) is 28.5 Å². The number of sulfonamides is 2. The predicted octanol–water partition coefficient (Wildman–Crippen LogP) is 3.13. The van der Waals surface area contributed by atoms with E-state index in [9.17, 15) is 21.6 Å². The van der Waals surface area contributed by atoms with E-state index in [0.717, 1.165) is 4.31 Å². The topological polar surface area (TPSA) is 101 Å². The van der Waals surface area contributed by atoms with Crippen LogP contribution in [0.2, 0.25) is 5.02 Å². The fourth-order valence-electron chi connectivity index (χ4n) is 3.24. The first-order valence-corrected chi connectivity index (χ1v) is 11.9. The summed E-state index contributed by atoms with van der Waals surface area (Å²) in [5.41, 5.74) is 1.87. The first-order valence-electron chi connectivity index (χ1n) is 8.38. The van der Waals surface area contributed by atoms with Crippen molar-refractivity contribution >= 4 is 48.9 Å². The van der Waals surface area contributed by atoms with Gasteiger partial charge in [0.1, 0.15) is 0 Å². The third-order valence-corrected chi connectivity index (χ3v) is 8.07. The van der Waals surface area contributed by atoms with E-state index < -0.39 is 26.0 Å². The van der Waals surface area contributed by atoms with Gasteiger partial charge in [0, 0.05) is 11.4 Å². The van der Waals surface area contributed by atoms with Crippen LogP contribution in [0.4, 0.5) is 11.4 Å². The number of rotatable bonds is 4. The van der Waals surface area contributed by atoms with Crippen LogP contribution in [0.15, 0.2) is 35.2 Å². The highest BCUT2D eigenvalue weighted by molar-refractivity contribution is 7.94. The number of hydrogen-bond acceptors (Lipinski definition) is 5. The summed E-state index contributed by atoms with van der Waals surface area (Å²) in [7, 11) is -7.68. The van der Waals surface area contributed by atoms with Crippen LogP contribution in [0.3, 0.4) is 0 Å². The van der Waals surface area contributed by atoms with Crippen LogP contribution in [0.25, 0.3) is 0 Å². The van der Waals surface area contributed by atoms with Crippen molar-refractivity contribution in [1.82, 2.24) is 0 Å². The van der Waals surface area contributed by atoms with Crippen LogP contribution in [0.5, 0.6) is 0 Å². The Morgan fingerprint density at radius 3 is 2.18 bits per heavy atom. The van der Waals surface area contributed by atoms with Crippen molar-refractivity contribution in [2.45, 2.75) is 32.1 Å². The molecule has 0 unspecified atom stereocenters. The first kappa shape index (κ1) is 20.6. The summed E-state index contributed by atoms with van der Waals surface area (Å²) in [5.74, 6) is -0.776. The lowest BCUT2D eigenvalue weighted by molar-refractivity contribution is -0.116. The molecule has 1 heterocycles. The van der Waals surface area contributed by atoms with Crippen LogP contribution in [-0.2, 0) is 24.8 Å². The third-order valence-electron chi connectivity index (χ3n) is 4.47. The van der Waals surface area contributed by atoms with E-state index in [2.05, 4.69) is 4.72 Å². The van der Waals surface area contributed by atoms with Crippen LogP contribution >= 0.6 is 11.6 Å². The van der Waals surface area contributed by atoms with Crippen molar-refractivity contribution in [3.8, 4) is 0 Å². The second kappa shape index (κ2) is 7.06. The van der Waals surface area contributed by atoms with Crippen molar-refractivity contribution in [1.29, 1.82) is 0 Å². The molecule has 2 aromatic rings. The molecule has 2 aromatic carbocycles. The lowest BCUT2D eigenvalue weighted by Gasteiger charge is -2.19. The molecule has 3 rings (SSSR count). The fourth-order valence-corrected chi connectivity index (χ4v) is 6.43. The molecule has 0 aromatic heterocycles. The summed E-state index contributed by atoms with van der Waals surface area (Å²) < 4.78 is 53.5. The fraction of sp³-hybridized carbons (Fsp3) is 0.278. The Hall–Kier alpha value is -2.10. The number of nitrogens with zero attached hydrogens (tertiary/aromatic N) is 1. The molecule has 1 N–H and O–H groups in total. The zero-order valence-electron chi connectivity index (χ0n) is 15.5. The SMILES string of the molecule is Cc1ccc(Cl)cc1NS(=O)(=O)c1c(C)cc(N2C(=O)CCS2(=O)=O)cc1C. The first-order chi connectivity index (χ1) is 12.9. The van der Waals surface area contributed by atoms with E-state index in [1.807, 2.05) is 0 Å². The number of carbonyl (C=O) groups excluding carboxylic acids is 1. The van der Waals surface area contributed by atoms with Gasteiger partial charge in [0.05, 0.1) is 22.0 Å². The maximum absolute atomic E-state index is 13.0. The monoisotopic (exact) mass is 442 g/mol. The molecular weight excluding hydrogens is 424 g/mol. The van der Waals surface area contributed by atoms with Crippen molar-refractivity contribution in [2.75, 3.05) is 14.8 Å². The number of amides is 1. The van der Waals surface area contributed by atoms with Crippen LogP contribution < -0.4 is 9.03 Å². The van der Waals surface area contributed by atoms with Gasteiger partial charge in [0.15, 0.2) is 0 Å². The molecule has 0 bridgehead atoms. The summed E-state index contributed by atoms with van der Waals surface area (Å²) in [4.78, 5) is 12.0. The zero-order chi connectivity index (χ0) is 20.9. The van der Waals surface area contributed by atoms with E-state index in [0.29, 0.717) is 27.4 Å². The van der Waals surface area contributed by atoms with Gasteiger partial charge in [-0.05, 0) is 61.7 Å². The Morgan fingerprint density at radius 2 is 1.64 bits per heavy atom. The van der Waals surface area contributed by atoms with E-state index in [-0.39, 0.29) is 22.8 Å². The molecule has 1 amide bonds. The molecule has 0 saturated carbocycles. The molecule has 1 fully saturated rings. The molecule has 28 heavy (non-hydrogen) atoms. The van der Waals surface area contributed by atoms with E-state index in [1.165, 1.54) is 18.2 Å². The van der Waals surface area contributed by atoms with Crippen LogP contribution in [0, 0.1) is 20.8 Å². The highest BCUT2D eigenvalue weighted by Crippen LogP contribution is 2.32. The van der Waals surface area contributed by atoms with Gasteiger partial charge in [0.25, 0.3) is 10.0 Å². The van der Waals surface area contributed by atoms with Gasteiger partial charge in [-0.15, -0.1) is 0 Å². The van der Waals surface area contributed by atoms with Gasteiger partial charge in [-0.2, -0.15) is 0 Å². The summed E-state index contributed by atoms with van der Waals surface area (Å²) in [5, 5.41) is 0.393. The van der Waals surface area contributed by atoms with Crippen molar-refractivity contribution in [3.05, 3.63) is 52.0 Å². The third kappa shape index (κ3) is 3.74. The molecule has 7 nitrogen and oxygen atoms in total. The maximum atomic E-state index is 13.0. The number of nitrogens with one attached hydrogen (secondary N) is 1. The zero-order valence-corrected chi connectivity index (χ0v) is 17.9. The minimum Gasteiger partial charge on any atom is -0.279 e. The Labute approximate surface area is 169 Å². The number of anilines is 2. The van der Waals surface area contributed by atoms with Gasteiger partial charge in [-0.3, -0.25) is 9.52 Å². The molecule has 0 radical (unpaired) electrons. The number of aryl methyl sites for hydroxylation is 3. The smallest absolute Gasteiger partial charge is 0.262 e. The van der Waals surface area contributed by atoms with Crippen molar-refractivity contribution in [3.63, 3.8) is 0 Å². The van der Waals surface area contributed by atoms with Crippen molar-refractivity contribution in [2.24, 2.45) is 0 Å². The average molecular weight is 443 g/mol. The standard InChI is InChI=1S/C18H19ClN2O5S2/c1-11-4-5-14(19)10-16(11)20-28(25,26)18-12(2)8-15(9-13(18)3)21-17(22)6-7-27(21,23)24/h4-5,8-10,20H,6-7H2,1-3H3. The molecular formula is C18H19ClN2O5S2. The van der Waals surface area contributed by atoms with Gasteiger partial charge in [0.2, 0.25) is 15.9 Å². The van der Waals surface area contributed by atoms with E-state index in [4.69, 9.17) is 11.6 Å². The molecule has 1 aliphatic rings. The Kier molecular flexibility index (Phi) is 5.20. The van der Waals surface area contributed by atoms with Crippen molar-refractivity contribution < 1.29 is 21.6 Å². The molecule has 0 spiro atoms. The normalized spacial score (nSPS) is 16.4. The minimum atomic E-state index is -3.96. The van der Waals surface area contributed by atoms with Gasteiger partial charge in [-0.25, -0.2) is 21.1 Å². The summed E-state index contributed by atoms with van der Waals surface area (Å²) >= 11 is 5.96. The Morgan fingerprint density at radius 1 is 1.04 bits per heavy atom. The summed E-state index contributed by atoms with van der Waals surface area (Å²) in [6, 6.07) is 7.67. The maximum Gasteiger partial charge on any atom is 0.262 e. The highest BCUT2D eigenvalue weighted by Gasteiger charge is 2.37. The number of benzene rings is 2. The van der Waals surface area contributed by atoms with Gasteiger partial charge < -0.3 is 0 Å². The number of hydrogen-bond donors (Lipinski definition) is 1. The van der Waals surface area contributed by atoms with Gasteiger partial charge >= 0.3 is 0 Å². The lowest BCUT2D eigenvalue weighted by atomic mass is 10.1. The van der Waals surface area contributed by atoms with Gasteiger partial charge in [-0.1, -0.05) is 17.7 Å². The number of carbonyl (C=O) groups is 1. The Balaban J connectivity index is 2.06. The minimum absolute atomic E-state index is 0.0275. The second-order valence-corrected chi connectivity index (χ2v) is 10.7. The Bertz CT molecular complexity index is 1170. The molecule has 1 aliphatic heterocycles. The molecule has 1 saturated heterocycles. The molecule has 150 valence electrons. The quantitative estimate of drug-likeness (QED) is 0.783. The highest BCUT2D eigenvalue weighted by atomic mass is 35.5. The lowest BCUT2D eigenvalue weighted by Crippen LogP contribution is -2.29. The van der Waals surface area contributed by atoms with E-state index in [1.54, 1.807) is 32.9 Å². The van der Waals surface area contributed by atoms with Crippen LogP contribution in [0.1, 0.15) is 23.1 Å². The predicted molar refractivity (Wildman–Crippen MR) is 109 cm³/mol. The summed E-state index contributed by atoms with van der Waals surface area (Å²) in [6.45, 7) is 4.87. The largest absolute Gasteiger partial charge is 0.279 e. The second-order valence-electron chi connectivity index (χ2n) is 6.70. The number of halogens is 1. The average Bonchev–Trinajstić information content (AvgIpc) is 2.82. The molecule has 0 atom stereocenters. The molecule has 0 aliphatic carbocycles. The summed E-state index contributed by atoms with van der Waals surface area (Å²) in [6.07, 6.45) is -0.0872. The molecule has 10 heteroatoms.